The highest BCUT2D eigenvalue weighted by molar-refractivity contribution is 7.89. The van der Waals surface area contributed by atoms with Gasteiger partial charge in [-0.05, 0) is 60.7 Å². The SMILES string of the molecule is C=CN(c1cccc(NC(=O)Nc2cc(C(F)(F)F)ccc2F)c1)c1ccnc(Nc2cccc(S(N)(=O)=O)c2)n1. The number of aromatic nitrogens is 2. The van der Waals surface area contributed by atoms with Crippen LogP contribution in [-0.4, -0.2) is 24.4 Å². The number of nitrogens with one attached hydrogen (secondary N) is 3. The Morgan fingerprint density at radius 1 is 0.976 bits per heavy atom. The number of nitrogens with two attached hydrogens (primary N) is 1. The summed E-state index contributed by atoms with van der Waals surface area (Å²) in [6.45, 7) is 3.78. The Kier molecular flexibility index (Phi) is 8.21. The van der Waals surface area contributed by atoms with Gasteiger partial charge in [-0.25, -0.2) is 27.7 Å². The van der Waals surface area contributed by atoms with Crippen LogP contribution in [0.3, 0.4) is 0 Å². The smallest absolute Gasteiger partial charge is 0.324 e. The van der Waals surface area contributed by atoms with Crippen molar-refractivity contribution in [3.63, 3.8) is 0 Å². The first-order chi connectivity index (χ1) is 19.3. The zero-order chi connectivity index (χ0) is 29.8. The van der Waals surface area contributed by atoms with Gasteiger partial charge in [0.1, 0.15) is 11.6 Å². The Balaban J connectivity index is 1.51. The van der Waals surface area contributed by atoms with Crippen LogP contribution in [0.1, 0.15) is 5.56 Å². The van der Waals surface area contributed by atoms with Crippen LogP contribution in [0.25, 0.3) is 0 Å². The van der Waals surface area contributed by atoms with Crippen molar-refractivity contribution in [3.8, 4) is 0 Å². The lowest BCUT2D eigenvalue weighted by molar-refractivity contribution is -0.137. The molecule has 212 valence electrons. The molecule has 0 aliphatic carbocycles. The van der Waals surface area contributed by atoms with Gasteiger partial charge in [-0.2, -0.15) is 18.2 Å². The first-order valence-corrected chi connectivity index (χ1v) is 13.1. The summed E-state index contributed by atoms with van der Waals surface area (Å²) in [5.41, 5.74) is -0.686. The van der Waals surface area contributed by atoms with Crippen LogP contribution in [0.15, 0.2) is 96.7 Å². The fourth-order valence-electron chi connectivity index (χ4n) is 3.57. The number of sulfonamides is 1. The number of nitrogens with zero attached hydrogens (tertiary/aromatic N) is 3. The molecule has 0 bridgehead atoms. The van der Waals surface area contributed by atoms with E-state index < -0.39 is 39.3 Å². The highest BCUT2D eigenvalue weighted by Crippen LogP contribution is 2.32. The molecule has 15 heteroatoms. The molecule has 1 heterocycles. The third-order valence-corrected chi connectivity index (χ3v) is 6.32. The van der Waals surface area contributed by atoms with Crippen LogP contribution < -0.4 is 26.0 Å². The highest BCUT2D eigenvalue weighted by Gasteiger charge is 2.31. The second-order valence-corrected chi connectivity index (χ2v) is 9.87. The first-order valence-electron chi connectivity index (χ1n) is 11.5. The zero-order valence-corrected chi connectivity index (χ0v) is 21.7. The van der Waals surface area contributed by atoms with Crippen LogP contribution in [0.5, 0.6) is 0 Å². The minimum absolute atomic E-state index is 0.101. The maximum absolute atomic E-state index is 14.0. The average molecular weight is 588 g/mol. The number of hydrogen-bond donors (Lipinski definition) is 4. The molecule has 3 aromatic carbocycles. The molecule has 0 spiro atoms. The molecule has 4 rings (SSSR count). The lowest BCUT2D eigenvalue weighted by Gasteiger charge is -2.20. The molecule has 0 atom stereocenters. The van der Waals surface area contributed by atoms with Gasteiger partial charge in [0.25, 0.3) is 0 Å². The molecule has 0 aliphatic rings. The van der Waals surface area contributed by atoms with Gasteiger partial charge in [0.05, 0.1) is 16.1 Å². The molecular weight excluding hydrogens is 566 g/mol. The Morgan fingerprint density at radius 3 is 2.41 bits per heavy atom. The molecule has 2 amide bonds. The predicted octanol–water partition coefficient (Wildman–Crippen LogP) is 5.95. The van der Waals surface area contributed by atoms with E-state index in [0.29, 0.717) is 35.4 Å². The lowest BCUT2D eigenvalue weighted by Crippen LogP contribution is -2.21. The van der Waals surface area contributed by atoms with Crippen molar-refractivity contribution in [2.45, 2.75) is 11.1 Å². The normalized spacial score (nSPS) is 11.4. The molecule has 10 nitrogen and oxygen atoms in total. The Hall–Kier alpha value is -5.02. The van der Waals surface area contributed by atoms with Crippen molar-refractivity contribution in [1.82, 2.24) is 9.97 Å². The first kappa shape index (κ1) is 29.0. The summed E-state index contributed by atoms with van der Waals surface area (Å²) in [7, 11) is -3.92. The summed E-state index contributed by atoms with van der Waals surface area (Å²) < 4.78 is 76.2. The maximum atomic E-state index is 14.0. The number of alkyl halides is 3. The summed E-state index contributed by atoms with van der Waals surface area (Å²) >= 11 is 0. The maximum Gasteiger partial charge on any atom is 0.416 e. The number of anilines is 6. The third kappa shape index (κ3) is 7.34. The fourth-order valence-corrected chi connectivity index (χ4v) is 4.13. The Bertz CT molecular complexity index is 1720. The summed E-state index contributed by atoms with van der Waals surface area (Å²) in [6.07, 6.45) is -1.83. The van der Waals surface area contributed by atoms with Crippen LogP contribution in [-0.2, 0) is 16.2 Å². The molecule has 4 aromatic rings. The summed E-state index contributed by atoms with van der Waals surface area (Å²) in [6, 6.07) is 14.3. The molecule has 0 aliphatic heterocycles. The largest absolute Gasteiger partial charge is 0.416 e. The molecule has 5 N–H and O–H groups in total. The number of carbonyl (C=O) groups excluding carboxylic acids is 1. The Morgan fingerprint density at radius 2 is 1.71 bits per heavy atom. The summed E-state index contributed by atoms with van der Waals surface area (Å²) in [5, 5.41) is 12.6. The van der Waals surface area contributed by atoms with E-state index in [4.69, 9.17) is 5.14 Å². The standard InChI is InChI=1S/C26H21F4N7O3S/c1-2-37(23-11-12-32-24(36-23)33-18-6-4-8-20(15-18)41(31,39)40)19-7-3-5-17(14-19)34-25(38)35-22-13-16(26(28,29)30)9-10-21(22)27/h2-15H,1H2,(H2,31,39,40)(H,32,33,36)(H2,34,35,38). The quantitative estimate of drug-likeness (QED) is 0.187. The molecule has 1 aromatic heterocycles. The second kappa shape index (κ2) is 11.6. The van der Waals surface area contributed by atoms with Crippen molar-refractivity contribution in [2.75, 3.05) is 20.9 Å². The molecule has 0 saturated heterocycles. The van der Waals surface area contributed by atoms with Crippen LogP contribution >= 0.6 is 0 Å². The molecule has 0 unspecified atom stereocenters. The van der Waals surface area contributed by atoms with Crippen molar-refractivity contribution < 1.29 is 30.8 Å². The molecular formula is C26H21F4N7O3S. The average Bonchev–Trinajstić information content (AvgIpc) is 2.90. The molecule has 0 radical (unpaired) electrons. The van der Waals surface area contributed by atoms with E-state index in [1.807, 2.05) is 0 Å². The summed E-state index contributed by atoms with van der Waals surface area (Å²) in [4.78, 5) is 22.4. The minimum Gasteiger partial charge on any atom is -0.324 e. The van der Waals surface area contributed by atoms with Crippen LogP contribution in [0.2, 0.25) is 0 Å². The number of carbonyl (C=O) groups is 1. The fraction of sp³-hybridized carbons (Fsp3) is 0.0385. The van der Waals surface area contributed by atoms with E-state index >= 15 is 0 Å². The van der Waals surface area contributed by atoms with Gasteiger partial charge < -0.3 is 20.9 Å². The van der Waals surface area contributed by atoms with Gasteiger partial charge >= 0.3 is 12.2 Å². The number of halogens is 4. The molecule has 41 heavy (non-hydrogen) atoms. The van der Waals surface area contributed by atoms with Crippen LogP contribution in [0, 0.1) is 5.82 Å². The highest BCUT2D eigenvalue weighted by atomic mass is 32.2. The third-order valence-electron chi connectivity index (χ3n) is 5.41. The van der Waals surface area contributed by atoms with Gasteiger partial charge in [0.15, 0.2) is 0 Å². The lowest BCUT2D eigenvalue weighted by atomic mass is 10.2. The van der Waals surface area contributed by atoms with Crippen LogP contribution in [0.4, 0.5) is 56.9 Å². The number of hydrogen-bond acceptors (Lipinski definition) is 7. The number of rotatable bonds is 8. The summed E-state index contributed by atoms with van der Waals surface area (Å²) in [5.74, 6) is -0.574. The topological polar surface area (TPSA) is 142 Å². The Labute approximate surface area is 231 Å². The van der Waals surface area contributed by atoms with Gasteiger partial charge in [-0.15, -0.1) is 0 Å². The van der Waals surface area contributed by atoms with Crippen molar-refractivity contribution in [3.05, 3.63) is 103 Å². The monoisotopic (exact) mass is 587 g/mol. The zero-order valence-electron chi connectivity index (χ0n) is 20.9. The van der Waals surface area contributed by atoms with Crippen molar-refractivity contribution in [1.29, 1.82) is 0 Å². The second-order valence-electron chi connectivity index (χ2n) is 8.31. The molecule has 0 fully saturated rings. The number of primary sulfonamides is 1. The van der Waals surface area contributed by atoms with E-state index in [2.05, 4.69) is 32.5 Å². The molecule has 0 saturated carbocycles. The minimum atomic E-state index is -4.71. The number of urea groups is 1. The van der Waals surface area contributed by atoms with Gasteiger partial charge in [0, 0.05) is 29.5 Å². The number of benzene rings is 3. The van der Waals surface area contributed by atoms with Crippen molar-refractivity contribution >= 4 is 50.6 Å². The van der Waals surface area contributed by atoms with E-state index in [0.717, 1.165) is 0 Å². The van der Waals surface area contributed by atoms with Gasteiger partial charge in [0.2, 0.25) is 16.0 Å². The van der Waals surface area contributed by atoms with E-state index in [1.54, 1.807) is 29.2 Å². The number of amides is 2. The van der Waals surface area contributed by atoms with Gasteiger partial charge in [-0.1, -0.05) is 18.7 Å². The predicted molar refractivity (Wildman–Crippen MR) is 146 cm³/mol. The van der Waals surface area contributed by atoms with Crippen molar-refractivity contribution in [2.24, 2.45) is 5.14 Å². The van der Waals surface area contributed by atoms with Gasteiger partial charge in [-0.3, -0.25) is 0 Å². The van der Waals surface area contributed by atoms with E-state index in [9.17, 15) is 30.8 Å². The van der Waals surface area contributed by atoms with E-state index in [-0.39, 0.29) is 16.5 Å². The van der Waals surface area contributed by atoms with E-state index in [1.165, 1.54) is 42.7 Å².